The second-order valence-electron chi connectivity index (χ2n) is 5.09. The molecule has 1 N–H and O–H groups in total. The molecule has 0 saturated carbocycles. The average molecular weight is 305 g/mol. The van der Waals surface area contributed by atoms with E-state index in [4.69, 9.17) is 9.52 Å². The third kappa shape index (κ3) is 3.21. The molecule has 4 nitrogen and oxygen atoms in total. The van der Waals surface area contributed by atoms with Gasteiger partial charge < -0.3 is 9.52 Å². The Morgan fingerprint density at radius 2 is 1.57 bits per heavy atom. The number of nitrogens with zero attached hydrogens (tertiary/aromatic N) is 1. The summed E-state index contributed by atoms with van der Waals surface area (Å²) in [7, 11) is 0. The highest BCUT2D eigenvalue weighted by atomic mass is 16.4. The summed E-state index contributed by atoms with van der Waals surface area (Å²) in [5, 5.41) is 8.91. The molecular weight excluding hydrogens is 290 g/mol. The van der Waals surface area contributed by atoms with Gasteiger partial charge in [0.1, 0.15) is 5.69 Å². The lowest BCUT2D eigenvalue weighted by Crippen LogP contribution is -1.90. The number of carboxylic acid groups (broad SMARTS) is 1. The molecule has 0 unspecified atom stereocenters. The maximum atomic E-state index is 10.9. The molecule has 0 spiro atoms. The fourth-order valence-electron chi connectivity index (χ4n) is 2.31. The quantitative estimate of drug-likeness (QED) is 0.721. The highest BCUT2D eigenvalue weighted by molar-refractivity contribution is 5.89. The minimum Gasteiger partial charge on any atom is -0.478 e. The topological polar surface area (TPSA) is 63.3 Å². The van der Waals surface area contributed by atoms with Crippen molar-refractivity contribution in [2.45, 2.75) is 6.92 Å². The first-order valence-corrected chi connectivity index (χ1v) is 7.18. The van der Waals surface area contributed by atoms with Crippen molar-refractivity contribution in [3.8, 4) is 22.6 Å². The summed E-state index contributed by atoms with van der Waals surface area (Å²) in [6.07, 6.45) is 1.09. The number of carbonyl (C=O) groups is 1. The monoisotopic (exact) mass is 305 g/mol. The molecule has 3 rings (SSSR count). The third-order valence-corrected chi connectivity index (χ3v) is 3.39. The van der Waals surface area contributed by atoms with Crippen molar-refractivity contribution in [3.63, 3.8) is 0 Å². The molecule has 23 heavy (non-hydrogen) atoms. The minimum absolute atomic E-state index is 0.310. The Bertz CT molecular complexity index is 792. The van der Waals surface area contributed by atoms with Crippen LogP contribution in [-0.4, -0.2) is 16.1 Å². The molecule has 114 valence electrons. The molecule has 2 aromatic carbocycles. The van der Waals surface area contributed by atoms with Crippen molar-refractivity contribution in [3.05, 3.63) is 72.6 Å². The lowest BCUT2D eigenvalue weighted by atomic mass is 10.1. The van der Waals surface area contributed by atoms with Crippen molar-refractivity contribution < 1.29 is 14.3 Å². The van der Waals surface area contributed by atoms with Gasteiger partial charge in [0.15, 0.2) is 5.76 Å². The van der Waals surface area contributed by atoms with Crippen LogP contribution < -0.4 is 0 Å². The number of benzene rings is 2. The summed E-state index contributed by atoms with van der Waals surface area (Å²) in [6, 6.07) is 19.3. The molecule has 4 heteroatoms. The molecule has 0 saturated heterocycles. The number of hydrogen-bond acceptors (Lipinski definition) is 3. The van der Waals surface area contributed by atoms with Gasteiger partial charge in [-0.2, -0.15) is 0 Å². The Morgan fingerprint density at radius 1 is 1.00 bits per heavy atom. The van der Waals surface area contributed by atoms with Crippen LogP contribution in [0.3, 0.4) is 0 Å². The van der Waals surface area contributed by atoms with Gasteiger partial charge in [0.05, 0.1) is 0 Å². The van der Waals surface area contributed by atoms with Crippen LogP contribution >= 0.6 is 0 Å². The zero-order valence-corrected chi connectivity index (χ0v) is 12.6. The summed E-state index contributed by atoms with van der Waals surface area (Å²) in [4.78, 5) is 15.4. The smallest absolute Gasteiger partial charge is 0.328 e. The Morgan fingerprint density at radius 3 is 2.13 bits per heavy atom. The maximum absolute atomic E-state index is 10.9. The van der Waals surface area contributed by atoms with Crippen molar-refractivity contribution in [2.24, 2.45) is 0 Å². The second-order valence-corrected chi connectivity index (χ2v) is 5.09. The number of rotatable bonds is 4. The fraction of sp³-hybridized carbons (Fsp3) is 0.0526. The summed E-state index contributed by atoms with van der Waals surface area (Å²) in [5.41, 5.74) is 2.99. The lowest BCUT2D eigenvalue weighted by Gasteiger charge is -2.00. The Balaban J connectivity index is 2.17. The lowest BCUT2D eigenvalue weighted by molar-refractivity contribution is -0.131. The van der Waals surface area contributed by atoms with E-state index in [2.05, 4.69) is 4.98 Å². The van der Waals surface area contributed by atoms with Crippen molar-refractivity contribution in [1.29, 1.82) is 0 Å². The van der Waals surface area contributed by atoms with Gasteiger partial charge in [-0.25, -0.2) is 9.78 Å². The van der Waals surface area contributed by atoms with Crippen LogP contribution in [0.5, 0.6) is 0 Å². The van der Waals surface area contributed by atoms with E-state index in [0.29, 0.717) is 22.9 Å². The first kappa shape index (κ1) is 14.8. The predicted octanol–water partition coefficient (Wildman–Crippen LogP) is 4.50. The Labute approximate surface area is 133 Å². The van der Waals surface area contributed by atoms with E-state index in [0.717, 1.165) is 17.2 Å². The molecule has 0 aliphatic heterocycles. The summed E-state index contributed by atoms with van der Waals surface area (Å²) < 4.78 is 5.88. The van der Waals surface area contributed by atoms with Crippen LogP contribution in [0.2, 0.25) is 0 Å². The van der Waals surface area contributed by atoms with E-state index in [1.807, 2.05) is 60.7 Å². The van der Waals surface area contributed by atoms with Gasteiger partial charge >= 0.3 is 5.97 Å². The standard InChI is InChI=1S/C19H15NO3/c1-13(12-16(21)22)19-20-17(14-8-4-2-5-9-14)18(23-19)15-10-6-3-7-11-15/h2-12H,1H3,(H,21,22)/b13-12+. The average Bonchev–Trinajstić information content (AvgIpc) is 3.01. The number of aromatic nitrogens is 1. The molecular formula is C19H15NO3. The van der Waals surface area contributed by atoms with Crippen LogP contribution in [0.4, 0.5) is 0 Å². The number of carboxylic acids is 1. The van der Waals surface area contributed by atoms with Crippen molar-refractivity contribution >= 4 is 11.5 Å². The number of allylic oxidation sites excluding steroid dienone is 1. The molecule has 0 fully saturated rings. The molecule has 0 aliphatic rings. The zero-order valence-electron chi connectivity index (χ0n) is 12.6. The second kappa shape index (κ2) is 6.32. The molecule has 1 aromatic heterocycles. The van der Waals surface area contributed by atoms with Gasteiger partial charge in [-0.15, -0.1) is 0 Å². The van der Waals surface area contributed by atoms with E-state index in [1.165, 1.54) is 0 Å². The van der Waals surface area contributed by atoms with Crippen molar-refractivity contribution in [2.75, 3.05) is 0 Å². The summed E-state index contributed by atoms with van der Waals surface area (Å²) >= 11 is 0. The highest BCUT2D eigenvalue weighted by Gasteiger charge is 2.17. The molecule has 3 aromatic rings. The van der Waals surface area contributed by atoms with Gasteiger partial charge in [-0.1, -0.05) is 60.7 Å². The first-order valence-electron chi connectivity index (χ1n) is 7.18. The third-order valence-electron chi connectivity index (χ3n) is 3.39. The van der Waals surface area contributed by atoms with E-state index < -0.39 is 5.97 Å². The SMILES string of the molecule is C/C(=C\C(=O)O)c1nc(-c2ccccc2)c(-c2ccccc2)o1. The van der Waals surface area contributed by atoms with E-state index in [-0.39, 0.29) is 0 Å². The molecule has 0 radical (unpaired) electrons. The van der Waals surface area contributed by atoms with Crippen LogP contribution in [0.15, 0.2) is 71.2 Å². The number of oxazole rings is 1. The van der Waals surface area contributed by atoms with E-state index in [1.54, 1.807) is 6.92 Å². The summed E-state index contributed by atoms with van der Waals surface area (Å²) in [5.74, 6) is -0.0849. The largest absolute Gasteiger partial charge is 0.478 e. The minimum atomic E-state index is -1.02. The van der Waals surface area contributed by atoms with Crippen LogP contribution in [0, 0.1) is 0 Å². The molecule has 0 atom stereocenters. The number of hydrogen-bond donors (Lipinski definition) is 1. The molecule has 1 heterocycles. The first-order chi connectivity index (χ1) is 11.1. The van der Waals surface area contributed by atoms with Gasteiger partial charge in [0.25, 0.3) is 0 Å². The van der Waals surface area contributed by atoms with Crippen LogP contribution in [0.25, 0.3) is 28.2 Å². The van der Waals surface area contributed by atoms with Gasteiger partial charge in [0, 0.05) is 22.8 Å². The van der Waals surface area contributed by atoms with E-state index >= 15 is 0 Å². The predicted molar refractivity (Wildman–Crippen MR) is 88.7 cm³/mol. The highest BCUT2D eigenvalue weighted by Crippen LogP contribution is 2.34. The zero-order chi connectivity index (χ0) is 16.2. The maximum Gasteiger partial charge on any atom is 0.328 e. The Hall–Kier alpha value is -3.14. The summed E-state index contributed by atoms with van der Waals surface area (Å²) in [6.45, 7) is 1.67. The Kier molecular flexibility index (Phi) is 4.06. The molecule has 0 aliphatic carbocycles. The van der Waals surface area contributed by atoms with Crippen LogP contribution in [-0.2, 0) is 4.79 Å². The number of aliphatic carboxylic acids is 1. The van der Waals surface area contributed by atoms with Gasteiger partial charge in [-0.3, -0.25) is 0 Å². The fourth-order valence-corrected chi connectivity index (χ4v) is 2.31. The van der Waals surface area contributed by atoms with Gasteiger partial charge in [0.2, 0.25) is 5.89 Å². The van der Waals surface area contributed by atoms with Crippen molar-refractivity contribution in [1.82, 2.24) is 4.98 Å². The van der Waals surface area contributed by atoms with E-state index in [9.17, 15) is 4.79 Å². The normalized spacial score (nSPS) is 11.4. The molecule has 0 amide bonds. The van der Waals surface area contributed by atoms with Crippen LogP contribution in [0.1, 0.15) is 12.8 Å². The van der Waals surface area contributed by atoms with Gasteiger partial charge in [-0.05, 0) is 6.92 Å². The molecule has 0 bridgehead atoms.